The van der Waals surface area contributed by atoms with Crippen molar-refractivity contribution in [2.24, 2.45) is 0 Å². The van der Waals surface area contributed by atoms with E-state index >= 15 is 0 Å². The normalized spacial score (nSPS) is 26.3. The van der Waals surface area contributed by atoms with Crippen LogP contribution in [0.4, 0.5) is 0 Å². The minimum Gasteiger partial charge on any atom is -0.410 e. The van der Waals surface area contributed by atoms with Gasteiger partial charge in [0.2, 0.25) is 8.32 Å². The molecule has 0 amide bonds. The molecule has 5 aromatic rings. The second kappa shape index (κ2) is 28.3. The Kier molecular flexibility index (Phi) is 21.5. The van der Waals surface area contributed by atoms with E-state index in [1.165, 1.54) is 0 Å². The van der Waals surface area contributed by atoms with Crippen LogP contribution in [0.3, 0.4) is 0 Å². The van der Waals surface area contributed by atoms with E-state index in [2.05, 4.69) is 146 Å². The lowest BCUT2D eigenvalue weighted by atomic mass is 9.82. The number of benzene rings is 5. The van der Waals surface area contributed by atoms with Crippen molar-refractivity contribution < 1.29 is 47.1 Å². The summed E-state index contributed by atoms with van der Waals surface area (Å²) in [5.74, 6) is 0. The van der Waals surface area contributed by atoms with Gasteiger partial charge in [-0.1, -0.05) is 205 Å². The molecule has 0 unspecified atom stereocenters. The van der Waals surface area contributed by atoms with Gasteiger partial charge in [-0.05, 0) is 64.2 Å². The zero-order valence-corrected chi connectivity index (χ0v) is 46.6. The van der Waals surface area contributed by atoms with Crippen LogP contribution in [0.15, 0.2) is 164 Å². The average molecular weight is 1040 g/mol. The van der Waals surface area contributed by atoms with E-state index < -0.39 is 44.6 Å². The summed E-state index contributed by atoms with van der Waals surface area (Å²) in [6.07, 6.45) is 2.83. The molecule has 404 valence electrons. The number of hydrogen-bond donors (Lipinski definition) is 0. The molecule has 0 spiro atoms. The largest absolute Gasteiger partial charge is 0.410 e. The van der Waals surface area contributed by atoms with Gasteiger partial charge < -0.3 is 47.1 Å². The fourth-order valence-corrected chi connectivity index (χ4v) is 17.2. The molecule has 0 N–H and O–H groups in total. The van der Waals surface area contributed by atoms with Gasteiger partial charge in [0.25, 0.3) is 0 Å². The maximum absolute atomic E-state index is 7.95. The van der Waals surface area contributed by atoms with E-state index in [1.54, 1.807) is 0 Å². The standard InChI is InChI=1S/C64H84O10Si/c1-47(2)75(48(3)4,49(5)6)74-62-38-58(69-43-53-30-19-11-20-31-53)60(46-66-41-51-26-15-9-16-27-51)73-64(62,7)61(70-44-54-32-21-12-22-33-54)39-63-67-37-36-57-56(72-63)35-23-34-55(68-42-52-28-17-10-18-29-52)59(71-57)45-65-40-50-24-13-8-14-25-50/h8-33,35,47-49,55-63H,34,36-46H2,1-7H3/b35-23-/t55-,56+,57-,58+,59+,60-,61-,62-,63-,64+/m1/s1. The Balaban J connectivity index is 1.10. The molecule has 0 radical (unpaired) electrons. The molecule has 11 heteroatoms. The van der Waals surface area contributed by atoms with E-state index in [-0.39, 0.29) is 24.4 Å². The third-order valence-electron chi connectivity index (χ3n) is 15.5. The van der Waals surface area contributed by atoms with Gasteiger partial charge in [-0.15, -0.1) is 0 Å². The van der Waals surface area contributed by atoms with Crippen molar-refractivity contribution in [1.29, 1.82) is 0 Å². The highest BCUT2D eigenvalue weighted by atomic mass is 28.4. The summed E-state index contributed by atoms with van der Waals surface area (Å²) >= 11 is 0. The number of fused-ring (bicyclic) bond motifs is 1. The number of rotatable bonds is 25. The Morgan fingerprint density at radius 3 is 1.53 bits per heavy atom. The second-order valence-electron chi connectivity index (χ2n) is 21.8. The Morgan fingerprint density at radius 2 is 1.03 bits per heavy atom. The SMILES string of the molecule is CC(C)[Si](O[C@@H]1C[C@H](OCc2ccccc2)[C@@H](COCc2ccccc2)O[C@@]1(C)[C@@H](C[C@@H]1OCC[C@H]2O[C@@H](COCc3ccccc3)[C@H](OCc3ccccc3)C/C=C\[C@@H]2O1)OCc1ccccc1)(C(C)C)C(C)C. The smallest absolute Gasteiger partial charge is 0.200 e. The molecule has 3 aliphatic heterocycles. The van der Waals surface area contributed by atoms with Crippen LogP contribution < -0.4 is 0 Å². The molecular formula is C64H84O10Si. The minimum absolute atomic E-state index is 0.238. The van der Waals surface area contributed by atoms with Gasteiger partial charge in [0.05, 0.1) is 83.4 Å². The quantitative estimate of drug-likeness (QED) is 0.0416. The zero-order valence-electron chi connectivity index (χ0n) is 45.6. The average Bonchev–Trinajstić information content (AvgIpc) is 3.60. The van der Waals surface area contributed by atoms with Gasteiger partial charge in [0, 0.05) is 12.8 Å². The summed E-state index contributed by atoms with van der Waals surface area (Å²) in [6, 6.07) is 51.5. The predicted molar refractivity (Wildman–Crippen MR) is 297 cm³/mol. The Labute approximate surface area is 449 Å². The lowest BCUT2D eigenvalue weighted by molar-refractivity contribution is -0.285. The van der Waals surface area contributed by atoms with Crippen LogP contribution in [0.2, 0.25) is 16.6 Å². The van der Waals surface area contributed by atoms with Crippen molar-refractivity contribution in [2.75, 3.05) is 19.8 Å². The van der Waals surface area contributed by atoms with Crippen LogP contribution in [0.25, 0.3) is 0 Å². The van der Waals surface area contributed by atoms with E-state index in [0.717, 1.165) is 27.8 Å². The second-order valence-corrected chi connectivity index (χ2v) is 27.2. The highest BCUT2D eigenvalue weighted by Crippen LogP contribution is 2.48. The van der Waals surface area contributed by atoms with Crippen LogP contribution in [0.5, 0.6) is 0 Å². The molecule has 0 aromatic heterocycles. The maximum atomic E-state index is 7.95. The molecule has 0 bridgehead atoms. The van der Waals surface area contributed by atoms with Gasteiger partial charge >= 0.3 is 0 Å². The molecule has 5 aromatic carbocycles. The van der Waals surface area contributed by atoms with Crippen LogP contribution in [-0.4, -0.2) is 88.9 Å². The topological polar surface area (TPSA) is 92.3 Å². The first kappa shape index (κ1) is 56.8. The molecule has 0 aliphatic carbocycles. The van der Waals surface area contributed by atoms with Crippen molar-refractivity contribution in [2.45, 2.75) is 185 Å². The molecule has 2 fully saturated rings. The van der Waals surface area contributed by atoms with Crippen molar-refractivity contribution in [3.05, 3.63) is 192 Å². The van der Waals surface area contributed by atoms with Gasteiger partial charge in [0.1, 0.15) is 23.9 Å². The molecule has 2 saturated heterocycles. The first-order chi connectivity index (χ1) is 36.5. The van der Waals surface area contributed by atoms with Gasteiger partial charge in [0.15, 0.2) is 6.29 Å². The van der Waals surface area contributed by atoms with Crippen LogP contribution in [0.1, 0.15) is 102 Å². The highest BCUT2D eigenvalue weighted by molar-refractivity contribution is 6.77. The summed E-state index contributed by atoms with van der Waals surface area (Å²) in [7, 11) is -2.54. The maximum Gasteiger partial charge on any atom is 0.200 e. The van der Waals surface area contributed by atoms with Crippen molar-refractivity contribution in [3.8, 4) is 0 Å². The molecule has 10 atom stereocenters. The van der Waals surface area contributed by atoms with Gasteiger partial charge in [-0.25, -0.2) is 0 Å². The molecular weight excluding hydrogens is 957 g/mol. The van der Waals surface area contributed by atoms with E-state index in [4.69, 9.17) is 47.1 Å². The number of hydrogen-bond acceptors (Lipinski definition) is 10. The molecule has 0 saturated carbocycles. The third-order valence-corrected chi connectivity index (χ3v) is 21.6. The van der Waals surface area contributed by atoms with Gasteiger partial charge in [-0.3, -0.25) is 0 Å². The Bertz CT molecular complexity index is 2370. The lowest BCUT2D eigenvalue weighted by Gasteiger charge is -2.55. The van der Waals surface area contributed by atoms with Gasteiger partial charge in [-0.2, -0.15) is 0 Å². The third kappa shape index (κ3) is 15.7. The van der Waals surface area contributed by atoms with Crippen molar-refractivity contribution in [3.63, 3.8) is 0 Å². The van der Waals surface area contributed by atoms with Crippen molar-refractivity contribution >= 4 is 8.32 Å². The van der Waals surface area contributed by atoms with Crippen LogP contribution >= 0.6 is 0 Å². The Hall–Kier alpha value is -4.34. The molecule has 8 rings (SSSR count). The summed E-state index contributed by atoms with van der Waals surface area (Å²) < 4.78 is 70.5. The van der Waals surface area contributed by atoms with E-state index in [1.807, 2.05) is 66.7 Å². The Morgan fingerprint density at radius 1 is 0.560 bits per heavy atom. The molecule has 3 aliphatic rings. The summed E-state index contributed by atoms with van der Waals surface area (Å²) in [5, 5.41) is 0. The zero-order chi connectivity index (χ0) is 52.5. The molecule has 3 heterocycles. The first-order valence-corrected chi connectivity index (χ1v) is 29.8. The predicted octanol–water partition coefficient (Wildman–Crippen LogP) is 13.5. The van der Waals surface area contributed by atoms with Crippen molar-refractivity contribution in [1.82, 2.24) is 0 Å². The monoisotopic (exact) mass is 1040 g/mol. The highest BCUT2D eigenvalue weighted by Gasteiger charge is 2.57. The number of ether oxygens (including phenoxy) is 9. The summed E-state index contributed by atoms with van der Waals surface area (Å²) in [6.45, 7) is 19.5. The van der Waals surface area contributed by atoms with E-state index in [9.17, 15) is 0 Å². The minimum atomic E-state index is -2.54. The summed E-state index contributed by atoms with van der Waals surface area (Å²) in [5.41, 5.74) is 5.45. The fourth-order valence-electron chi connectivity index (χ4n) is 11.6. The molecule has 75 heavy (non-hydrogen) atoms. The lowest BCUT2D eigenvalue weighted by Crippen LogP contribution is -2.66. The first-order valence-electron chi connectivity index (χ1n) is 27.6. The van der Waals surface area contributed by atoms with E-state index in [0.29, 0.717) is 95.2 Å². The van der Waals surface area contributed by atoms with Crippen LogP contribution in [-0.2, 0) is 80.1 Å². The molecule has 10 nitrogen and oxygen atoms in total. The fraction of sp³-hybridized carbons (Fsp3) is 0.500. The van der Waals surface area contributed by atoms with Crippen LogP contribution in [0, 0.1) is 0 Å². The summed E-state index contributed by atoms with van der Waals surface area (Å²) in [4.78, 5) is 0.